The molecule has 0 saturated heterocycles. The van der Waals surface area contributed by atoms with E-state index < -0.39 is 0 Å². The van der Waals surface area contributed by atoms with E-state index in [1.807, 2.05) is 0 Å². The second kappa shape index (κ2) is 4.52. The zero-order valence-electron chi connectivity index (χ0n) is 10.2. The molecule has 0 fully saturated rings. The van der Waals surface area contributed by atoms with Gasteiger partial charge in [0.15, 0.2) is 0 Å². The molecular weight excluding hydrogens is 196 g/mol. The lowest BCUT2D eigenvalue weighted by Crippen LogP contribution is -2.01. The van der Waals surface area contributed by atoms with Gasteiger partial charge in [-0.2, -0.15) is 5.10 Å². The molecule has 0 amide bonds. The lowest BCUT2D eigenvalue weighted by Gasteiger charge is -2.05. The Labute approximate surface area is 96.9 Å². The van der Waals surface area contributed by atoms with E-state index in [1.54, 1.807) is 0 Å². The van der Waals surface area contributed by atoms with E-state index in [9.17, 15) is 0 Å². The molecular formula is C14H18N2. The van der Waals surface area contributed by atoms with Crippen LogP contribution < -0.4 is 0 Å². The van der Waals surface area contributed by atoms with Gasteiger partial charge in [0.1, 0.15) is 0 Å². The molecule has 0 aliphatic rings. The van der Waals surface area contributed by atoms with Crippen molar-refractivity contribution >= 4 is 0 Å². The van der Waals surface area contributed by atoms with Crippen LogP contribution in [-0.2, 0) is 12.8 Å². The molecule has 16 heavy (non-hydrogen) atoms. The third kappa shape index (κ3) is 2.01. The normalized spacial score (nSPS) is 10.7. The molecule has 2 heteroatoms. The highest BCUT2D eigenvalue weighted by Crippen LogP contribution is 2.14. The van der Waals surface area contributed by atoms with E-state index in [1.165, 1.54) is 11.3 Å². The van der Waals surface area contributed by atoms with Crippen molar-refractivity contribution in [3.8, 4) is 5.69 Å². The molecule has 1 aromatic carbocycles. The second-order valence-electron chi connectivity index (χ2n) is 4.08. The summed E-state index contributed by atoms with van der Waals surface area (Å²) >= 11 is 0. The van der Waals surface area contributed by atoms with Crippen molar-refractivity contribution in [1.29, 1.82) is 0 Å². The monoisotopic (exact) mass is 214 g/mol. The Morgan fingerprint density at radius 2 is 1.75 bits per heavy atom. The third-order valence-corrected chi connectivity index (χ3v) is 2.84. The predicted octanol–water partition coefficient (Wildman–Crippen LogP) is 3.31. The Morgan fingerprint density at radius 3 is 2.31 bits per heavy atom. The largest absolute Gasteiger partial charge is 0.238 e. The molecule has 2 nitrogen and oxygen atoms in total. The molecule has 2 rings (SSSR count). The van der Waals surface area contributed by atoms with Crippen molar-refractivity contribution in [3.63, 3.8) is 0 Å². The molecule has 84 valence electrons. The lowest BCUT2D eigenvalue weighted by molar-refractivity contribution is 0.794. The van der Waals surface area contributed by atoms with Crippen molar-refractivity contribution in [2.24, 2.45) is 0 Å². The summed E-state index contributed by atoms with van der Waals surface area (Å²) in [6.45, 7) is 6.41. The minimum Gasteiger partial charge on any atom is -0.238 e. The van der Waals surface area contributed by atoms with Gasteiger partial charge in [-0.25, -0.2) is 4.68 Å². The maximum atomic E-state index is 4.62. The fraction of sp³-hybridized carbons (Fsp3) is 0.357. The smallest absolute Gasteiger partial charge is 0.0649 e. The number of hydrogen-bond donors (Lipinski definition) is 0. The number of nitrogens with zero attached hydrogens (tertiary/aromatic N) is 2. The summed E-state index contributed by atoms with van der Waals surface area (Å²) in [4.78, 5) is 0. The molecule has 0 radical (unpaired) electrons. The number of aromatic nitrogens is 2. The van der Waals surface area contributed by atoms with Crippen molar-refractivity contribution in [2.75, 3.05) is 0 Å². The lowest BCUT2D eigenvalue weighted by atomic mass is 10.2. The first kappa shape index (κ1) is 10.9. The summed E-state index contributed by atoms with van der Waals surface area (Å²) in [5.74, 6) is 0. The fourth-order valence-corrected chi connectivity index (χ4v) is 1.81. The van der Waals surface area contributed by atoms with Crippen molar-refractivity contribution in [2.45, 2.75) is 33.6 Å². The highest BCUT2D eigenvalue weighted by Gasteiger charge is 2.06. The molecule has 0 N–H and O–H groups in total. The molecule has 0 saturated carbocycles. The molecule has 0 spiro atoms. The predicted molar refractivity (Wildman–Crippen MR) is 67.1 cm³/mol. The third-order valence-electron chi connectivity index (χ3n) is 2.84. The number of rotatable bonds is 3. The average molecular weight is 214 g/mol. The van der Waals surface area contributed by atoms with Crippen LogP contribution in [0.5, 0.6) is 0 Å². The van der Waals surface area contributed by atoms with Gasteiger partial charge in [0.05, 0.1) is 11.4 Å². The van der Waals surface area contributed by atoms with Gasteiger partial charge in [0.25, 0.3) is 0 Å². The van der Waals surface area contributed by atoms with Crippen LogP contribution in [0.1, 0.15) is 30.8 Å². The van der Waals surface area contributed by atoms with E-state index in [4.69, 9.17) is 0 Å². The molecule has 0 bridgehead atoms. The zero-order chi connectivity index (χ0) is 11.5. The molecule has 0 unspecified atom stereocenters. The average Bonchev–Trinajstić information content (AvgIpc) is 2.73. The first-order valence-corrected chi connectivity index (χ1v) is 5.89. The van der Waals surface area contributed by atoms with Gasteiger partial charge < -0.3 is 0 Å². The Hall–Kier alpha value is -1.57. The van der Waals surface area contributed by atoms with Crippen LogP contribution in [0.2, 0.25) is 0 Å². The highest BCUT2D eigenvalue weighted by atomic mass is 15.3. The van der Waals surface area contributed by atoms with Crippen LogP contribution in [0.3, 0.4) is 0 Å². The van der Waals surface area contributed by atoms with Gasteiger partial charge in [-0.05, 0) is 38.0 Å². The summed E-state index contributed by atoms with van der Waals surface area (Å²) in [6, 6.07) is 10.7. The van der Waals surface area contributed by atoms with Crippen molar-refractivity contribution < 1.29 is 0 Å². The molecule has 0 atom stereocenters. The van der Waals surface area contributed by atoms with Crippen LogP contribution >= 0.6 is 0 Å². The Morgan fingerprint density at radius 1 is 1.06 bits per heavy atom. The second-order valence-corrected chi connectivity index (χ2v) is 4.08. The van der Waals surface area contributed by atoms with Gasteiger partial charge in [0, 0.05) is 5.69 Å². The molecule has 2 aromatic rings. The molecule has 1 aromatic heterocycles. The van der Waals surface area contributed by atoms with E-state index in [0.29, 0.717) is 0 Å². The SMILES string of the molecule is CCc1cc(CC)n(-c2ccc(C)cc2)n1. The van der Waals surface area contributed by atoms with Gasteiger partial charge in [-0.15, -0.1) is 0 Å². The van der Waals surface area contributed by atoms with E-state index in [0.717, 1.165) is 24.2 Å². The summed E-state index contributed by atoms with van der Waals surface area (Å²) in [7, 11) is 0. The summed E-state index contributed by atoms with van der Waals surface area (Å²) in [5.41, 5.74) is 4.88. The van der Waals surface area contributed by atoms with E-state index >= 15 is 0 Å². The Kier molecular flexibility index (Phi) is 3.09. The fourth-order valence-electron chi connectivity index (χ4n) is 1.81. The van der Waals surface area contributed by atoms with Crippen molar-refractivity contribution in [3.05, 3.63) is 47.3 Å². The summed E-state index contributed by atoms with van der Waals surface area (Å²) in [5, 5.41) is 4.62. The molecule has 0 aliphatic heterocycles. The first-order valence-electron chi connectivity index (χ1n) is 5.89. The van der Waals surface area contributed by atoms with Crippen LogP contribution in [0.15, 0.2) is 30.3 Å². The standard InChI is InChI=1S/C14H18N2/c1-4-12-10-13(5-2)16(15-12)14-8-6-11(3)7-9-14/h6-10H,4-5H2,1-3H3. The molecule has 0 aliphatic carbocycles. The molecule has 1 heterocycles. The maximum Gasteiger partial charge on any atom is 0.0649 e. The zero-order valence-corrected chi connectivity index (χ0v) is 10.2. The Bertz CT molecular complexity index is 466. The highest BCUT2D eigenvalue weighted by molar-refractivity contribution is 5.35. The van der Waals surface area contributed by atoms with Crippen molar-refractivity contribution in [1.82, 2.24) is 9.78 Å². The van der Waals surface area contributed by atoms with Gasteiger partial charge >= 0.3 is 0 Å². The Balaban J connectivity index is 2.45. The summed E-state index contributed by atoms with van der Waals surface area (Å²) in [6.07, 6.45) is 2.01. The maximum absolute atomic E-state index is 4.62. The first-order chi connectivity index (χ1) is 7.74. The van der Waals surface area contributed by atoms with Gasteiger partial charge in [-0.3, -0.25) is 0 Å². The van der Waals surface area contributed by atoms with Crippen LogP contribution in [-0.4, -0.2) is 9.78 Å². The topological polar surface area (TPSA) is 17.8 Å². The quantitative estimate of drug-likeness (QED) is 0.766. The van der Waals surface area contributed by atoms with Crippen LogP contribution in [0.25, 0.3) is 5.69 Å². The number of benzene rings is 1. The van der Waals surface area contributed by atoms with Gasteiger partial charge in [-0.1, -0.05) is 31.5 Å². The number of aryl methyl sites for hydroxylation is 3. The van der Waals surface area contributed by atoms with E-state index in [-0.39, 0.29) is 0 Å². The van der Waals surface area contributed by atoms with Crippen LogP contribution in [0, 0.1) is 6.92 Å². The van der Waals surface area contributed by atoms with Crippen LogP contribution in [0.4, 0.5) is 0 Å². The van der Waals surface area contributed by atoms with Gasteiger partial charge in [0.2, 0.25) is 0 Å². The number of hydrogen-bond acceptors (Lipinski definition) is 1. The minimum atomic E-state index is 0.992. The summed E-state index contributed by atoms with van der Waals surface area (Å²) < 4.78 is 2.05. The minimum absolute atomic E-state index is 0.992. The van der Waals surface area contributed by atoms with E-state index in [2.05, 4.69) is 60.9 Å².